The Bertz CT molecular complexity index is 268. The van der Waals surface area contributed by atoms with Crippen molar-refractivity contribution in [2.24, 2.45) is 0 Å². The molecule has 0 saturated heterocycles. The number of nitrogens with two attached hydrogens (primary N) is 1. The second-order valence-corrected chi connectivity index (χ2v) is 4.43. The van der Waals surface area contributed by atoms with E-state index in [0.717, 1.165) is 18.7 Å². The summed E-state index contributed by atoms with van der Waals surface area (Å²) in [6.07, 6.45) is 0.961. The van der Waals surface area contributed by atoms with Crippen LogP contribution in [0.4, 0.5) is 5.13 Å². The van der Waals surface area contributed by atoms with Crippen LogP contribution in [-0.4, -0.2) is 11.0 Å². The van der Waals surface area contributed by atoms with Gasteiger partial charge in [-0.15, -0.1) is 11.3 Å². The smallest absolute Gasteiger partial charge is 0.180 e. The third kappa shape index (κ3) is 2.97. The molecule has 3 N–H and O–H groups in total. The molecule has 1 aromatic rings. The normalized spacial score (nSPS) is 11.1. The van der Waals surface area contributed by atoms with Gasteiger partial charge in [-0.2, -0.15) is 0 Å². The summed E-state index contributed by atoms with van der Waals surface area (Å²) in [6.45, 7) is 7.26. The van der Waals surface area contributed by atoms with Gasteiger partial charge in [-0.1, -0.05) is 20.8 Å². The zero-order chi connectivity index (χ0) is 9.84. The summed E-state index contributed by atoms with van der Waals surface area (Å²) < 4.78 is 0. The zero-order valence-corrected chi connectivity index (χ0v) is 9.24. The molecule has 0 amide bonds. The Morgan fingerprint density at radius 1 is 1.54 bits per heavy atom. The summed E-state index contributed by atoms with van der Waals surface area (Å²) in [5.41, 5.74) is 6.78. The lowest BCUT2D eigenvalue weighted by Crippen LogP contribution is -2.21. The zero-order valence-electron chi connectivity index (χ0n) is 8.42. The standard InChI is InChI=1S/C9H17N3S/c1-4-7-8(5-11-6(2)3)13-9(10)12-7/h6,11H,4-5H2,1-3H3,(H2,10,12). The number of rotatable bonds is 4. The molecule has 0 bridgehead atoms. The number of nitrogens with zero attached hydrogens (tertiary/aromatic N) is 1. The molecule has 0 fully saturated rings. The Labute approximate surface area is 83.4 Å². The number of aromatic nitrogens is 1. The molecule has 1 rings (SSSR count). The van der Waals surface area contributed by atoms with Crippen LogP contribution in [-0.2, 0) is 13.0 Å². The van der Waals surface area contributed by atoms with Gasteiger partial charge in [0.25, 0.3) is 0 Å². The lowest BCUT2D eigenvalue weighted by atomic mass is 10.3. The lowest BCUT2D eigenvalue weighted by Gasteiger charge is -2.06. The number of hydrogen-bond acceptors (Lipinski definition) is 4. The van der Waals surface area contributed by atoms with E-state index in [1.807, 2.05) is 0 Å². The van der Waals surface area contributed by atoms with Crippen molar-refractivity contribution in [2.45, 2.75) is 39.8 Å². The van der Waals surface area contributed by atoms with Crippen molar-refractivity contribution in [3.63, 3.8) is 0 Å². The van der Waals surface area contributed by atoms with E-state index in [9.17, 15) is 0 Å². The number of hydrogen-bond donors (Lipinski definition) is 2. The van der Waals surface area contributed by atoms with Gasteiger partial charge in [0.1, 0.15) is 0 Å². The molecule has 0 saturated carbocycles. The number of nitrogen functional groups attached to an aromatic ring is 1. The molecule has 4 heteroatoms. The molecule has 0 spiro atoms. The van der Waals surface area contributed by atoms with Gasteiger partial charge < -0.3 is 11.1 Å². The summed E-state index contributed by atoms with van der Waals surface area (Å²) in [6, 6.07) is 0.507. The molecule has 0 aliphatic carbocycles. The third-order valence-corrected chi connectivity index (χ3v) is 2.73. The van der Waals surface area contributed by atoms with E-state index in [0.29, 0.717) is 11.2 Å². The lowest BCUT2D eigenvalue weighted by molar-refractivity contribution is 0.590. The molecule has 74 valence electrons. The minimum atomic E-state index is 0.507. The Balaban J connectivity index is 2.64. The first-order chi connectivity index (χ1) is 6.13. The van der Waals surface area contributed by atoms with E-state index in [4.69, 9.17) is 5.73 Å². The Hall–Kier alpha value is -0.610. The largest absolute Gasteiger partial charge is 0.375 e. The van der Waals surface area contributed by atoms with Gasteiger partial charge >= 0.3 is 0 Å². The minimum absolute atomic E-state index is 0.507. The van der Waals surface area contributed by atoms with Crippen LogP contribution in [0.5, 0.6) is 0 Å². The molecule has 0 radical (unpaired) electrons. The average molecular weight is 199 g/mol. The second kappa shape index (κ2) is 4.58. The quantitative estimate of drug-likeness (QED) is 0.777. The van der Waals surface area contributed by atoms with E-state index in [1.165, 1.54) is 4.88 Å². The highest BCUT2D eigenvalue weighted by atomic mass is 32.1. The SMILES string of the molecule is CCc1nc(N)sc1CNC(C)C. The summed E-state index contributed by atoms with van der Waals surface area (Å²) >= 11 is 1.59. The highest BCUT2D eigenvalue weighted by molar-refractivity contribution is 7.15. The molecule has 0 aliphatic rings. The molecule has 3 nitrogen and oxygen atoms in total. The first kappa shape index (κ1) is 10.5. The van der Waals surface area contributed by atoms with Crippen molar-refractivity contribution in [1.82, 2.24) is 10.3 Å². The molecule has 1 heterocycles. The van der Waals surface area contributed by atoms with Gasteiger partial charge in [0.15, 0.2) is 5.13 Å². The van der Waals surface area contributed by atoms with Gasteiger partial charge in [-0.25, -0.2) is 4.98 Å². The number of anilines is 1. The molecule has 0 atom stereocenters. The number of thiazole rings is 1. The van der Waals surface area contributed by atoms with Crippen molar-refractivity contribution >= 4 is 16.5 Å². The van der Waals surface area contributed by atoms with Crippen molar-refractivity contribution in [3.8, 4) is 0 Å². The van der Waals surface area contributed by atoms with Gasteiger partial charge in [0.2, 0.25) is 0 Å². The maximum absolute atomic E-state index is 5.64. The van der Waals surface area contributed by atoms with E-state index in [2.05, 4.69) is 31.1 Å². The number of aryl methyl sites for hydroxylation is 1. The fourth-order valence-corrected chi connectivity index (χ4v) is 1.99. The predicted molar refractivity (Wildman–Crippen MR) is 57.9 cm³/mol. The topological polar surface area (TPSA) is 50.9 Å². The first-order valence-electron chi connectivity index (χ1n) is 4.61. The van der Waals surface area contributed by atoms with Crippen LogP contribution in [0.15, 0.2) is 0 Å². The molecule has 0 aliphatic heterocycles. The van der Waals surface area contributed by atoms with E-state index < -0.39 is 0 Å². The van der Waals surface area contributed by atoms with Gasteiger partial charge in [0, 0.05) is 17.5 Å². The van der Waals surface area contributed by atoms with Crippen molar-refractivity contribution < 1.29 is 0 Å². The van der Waals surface area contributed by atoms with Gasteiger partial charge in [-0.3, -0.25) is 0 Å². The molecule has 13 heavy (non-hydrogen) atoms. The maximum Gasteiger partial charge on any atom is 0.180 e. The molecular weight excluding hydrogens is 182 g/mol. The molecular formula is C9H17N3S. The van der Waals surface area contributed by atoms with Crippen molar-refractivity contribution in [3.05, 3.63) is 10.6 Å². The Morgan fingerprint density at radius 3 is 2.77 bits per heavy atom. The summed E-state index contributed by atoms with van der Waals surface area (Å²) in [4.78, 5) is 5.54. The van der Waals surface area contributed by atoms with Gasteiger partial charge in [-0.05, 0) is 6.42 Å². The molecule has 1 aromatic heterocycles. The van der Waals surface area contributed by atoms with Crippen LogP contribution in [0.25, 0.3) is 0 Å². The monoisotopic (exact) mass is 199 g/mol. The van der Waals surface area contributed by atoms with Crippen molar-refractivity contribution in [1.29, 1.82) is 0 Å². The minimum Gasteiger partial charge on any atom is -0.375 e. The van der Waals surface area contributed by atoms with Crippen LogP contribution in [0.1, 0.15) is 31.3 Å². The van der Waals surface area contributed by atoms with Crippen LogP contribution in [0.3, 0.4) is 0 Å². The maximum atomic E-state index is 5.64. The summed E-state index contributed by atoms with van der Waals surface area (Å²) in [5, 5.41) is 4.04. The summed E-state index contributed by atoms with van der Waals surface area (Å²) in [5.74, 6) is 0. The molecule has 0 unspecified atom stereocenters. The fourth-order valence-electron chi connectivity index (χ4n) is 1.11. The van der Waals surface area contributed by atoms with Crippen LogP contribution >= 0.6 is 11.3 Å². The molecule has 0 aromatic carbocycles. The van der Waals surface area contributed by atoms with E-state index >= 15 is 0 Å². The highest BCUT2D eigenvalue weighted by Crippen LogP contribution is 2.20. The second-order valence-electron chi connectivity index (χ2n) is 3.31. The predicted octanol–water partition coefficient (Wildman–Crippen LogP) is 1.79. The van der Waals surface area contributed by atoms with Crippen LogP contribution in [0.2, 0.25) is 0 Å². The van der Waals surface area contributed by atoms with Crippen LogP contribution in [0, 0.1) is 0 Å². The highest BCUT2D eigenvalue weighted by Gasteiger charge is 2.07. The van der Waals surface area contributed by atoms with E-state index in [1.54, 1.807) is 11.3 Å². The van der Waals surface area contributed by atoms with E-state index in [-0.39, 0.29) is 0 Å². The Morgan fingerprint density at radius 2 is 2.23 bits per heavy atom. The average Bonchev–Trinajstić information content (AvgIpc) is 2.42. The third-order valence-electron chi connectivity index (χ3n) is 1.80. The van der Waals surface area contributed by atoms with Gasteiger partial charge in [0.05, 0.1) is 5.69 Å². The fraction of sp³-hybridized carbons (Fsp3) is 0.667. The van der Waals surface area contributed by atoms with Crippen LogP contribution < -0.4 is 11.1 Å². The first-order valence-corrected chi connectivity index (χ1v) is 5.42. The summed E-state index contributed by atoms with van der Waals surface area (Å²) in [7, 11) is 0. The number of nitrogens with one attached hydrogen (secondary N) is 1. The Kier molecular flexibility index (Phi) is 3.69. The van der Waals surface area contributed by atoms with Crippen molar-refractivity contribution in [2.75, 3.05) is 5.73 Å².